The Balaban J connectivity index is 1.84. The fourth-order valence-corrected chi connectivity index (χ4v) is 3.40. The molecule has 26 heavy (non-hydrogen) atoms. The van der Waals surface area contributed by atoms with E-state index in [1.54, 1.807) is 49.4 Å². The lowest BCUT2D eigenvalue weighted by atomic mass is 10.2. The molecule has 0 aliphatic rings. The summed E-state index contributed by atoms with van der Waals surface area (Å²) < 4.78 is 24.1. The molecule has 0 fully saturated rings. The summed E-state index contributed by atoms with van der Waals surface area (Å²) in [5.74, 6) is -0.520. The number of nitrogens with one attached hydrogen (secondary N) is 2. The SMILES string of the molecule is CCS(=O)(=O)c1ccccc1NC(=O)CCCNC(=O)c1ccccc1. The van der Waals surface area contributed by atoms with Crippen molar-refractivity contribution in [2.75, 3.05) is 17.6 Å². The van der Waals surface area contributed by atoms with Crippen molar-refractivity contribution >= 4 is 27.3 Å². The molecule has 0 aliphatic heterocycles. The van der Waals surface area contributed by atoms with Crippen LogP contribution in [0, 0.1) is 0 Å². The van der Waals surface area contributed by atoms with E-state index in [9.17, 15) is 18.0 Å². The molecule has 2 N–H and O–H groups in total. The van der Waals surface area contributed by atoms with Crippen LogP contribution in [0.15, 0.2) is 59.5 Å². The van der Waals surface area contributed by atoms with Gasteiger partial charge < -0.3 is 10.6 Å². The monoisotopic (exact) mass is 374 g/mol. The fraction of sp³-hybridized carbons (Fsp3) is 0.263. The Kier molecular flexibility index (Phi) is 6.91. The van der Waals surface area contributed by atoms with Gasteiger partial charge in [0.05, 0.1) is 16.3 Å². The van der Waals surface area contributed by atoms with Crippen LogP contribution in [-0.2, 0) is 14.6 Å². The van der Waals surface area contributed by atoms with E-state index in [4.69, 9.17) is 0 Å². The molecule has 0 atom stereocenters. The third kappa shape index (κ3) is 5.42. The molecule has 2 aromatic rings. The summed E-state index contributed by atoms with van der Waals surface area (Å²) in [5.41, 5.74) is 0.850. The van der Waals surface area contributed by atoms with E-state index < -0.39 is 9.84 Å². The van der Waals surface area contributed by atoms with Crippen LogP contribution in [0.2, 0.25) is 0 Å². The number of sulfone groups is 1. The van der Waals surface area contributed by atoms with E-state index in [-0.39, 0.29) is 34.6 Å². The quantitative estimate of drug-likeness (QED) is 0.695. The molecule has 2 rings (SSSR count). The molecule has 7 heteroatoms. The largest absolute Gasteiger partial charge is 0.352 e. The minimum Gasteiger partial charge on any atom is -0.352 e. The lowest BCUT2D eigenvalue weighted by Gasteiger charge is -2.11. The normalized spacial score (nSPS) is 11.0. The van der Waals surface area contributed by atoms with Gasteiger partial charge in [0.2, 0.25) is 5.91 Å². The maximum absolute atomic E-state index is 12.1. The molecule has 138 valence electrons. The first-order valence-corrected chi connectivity index (χ1v) is 10.0. The third-order valence-electron chi connectivity index (χ3n) is 3.78. The lowest BCUT2D eigenvalue weighted by Crippen LogP contribution is -2.25. The summed E-state index contributed by atoms with van der Waals surface area (Å²) in [7, 11) is -3.41. The minimum atomic E-state index is -3.41. The van der Waals surface area contributed by atoms with Gasteiger partial charge in [-0.1, -0.05) is 37.3 Å². The maximum atomic E-state index is 12.1. The van der Waals surface area contributed by atoms with Gasteiger partial charge in [0.15, 0.2) is 9.84 Å². The zero-order chi connectivity index (χ0) is 19.0. The van der Waals surface area contributed by atoms with Crippen molar-refractivity contribution in [3.8, 4) is 0 Å². The van der Waals surface area contributed by atoms with Crippen molar-refractivity contribution in [3.05, 3.63) is 60.2 Å². The van der Waals surface area contributed by atoms with E-state index in [2.05, 4.69) is 10.6 Å². The highest BCUT2D eigenvalue weighted by atomic mass is 32.2. The molecule has 0 unspecified atom stereocenters. The number of amides is 2. The second-order valence-electron chi connectivity index (χ2n) is 5.67. The van der Waals surface area contributed by atoms with Crippen molar-refractivity contribution in [1.29, 1.82) is 0 Å². The van der Waals surface area contributed by atoms with E-state index in [0.717, 1.165) is 0 Å². The topological polar surface area (TPSA) is 92.3 Å². The molecule has 0 heterocycles. The van der Waals surface area contributed by atoms with Gasteiger partial charge in [0.1, 0.15) is 0 Å². The minimum absolute atomic E-state index is 0.0363. The van der Waals surface area contributed by atoms with Crippen molar-refractivity contribution in [2.24, 2.45) is 0 Å². The smallest absolute Gasteiger partial charge is 0.251 e. The highest BCUT2D eigenvalue weighted by Gasteiger charge is 2.17. The van der Waals surface area contributed by atoms with Gasteiger partial charge >= 0.3 is 0 Å². The summed E-state index contributed by atoms with van der Waals surface area (Å²) in [5, 5.41) is 5.39. The van der Waals surface area contributed by atoms with Gasteiger partial charge in [-0.25, -0.2) is 8.42 Å². The highest BCUT2D eigenvalue weighted by Crippen LogP contribution is 2.22. The van der Waals surface area contributed by atoms with Gasteiger partial charge in [-0.05, 0) is 30.7 Å². The number of carbonyl (C=O) groups is 2. The molecule has 0 bridgehead atoms. The molecule has 6 nitrogen and oxygen atoms in total. The number of carbonyl (C=O) groups excluding carboxylic acids is 2. The van der Waals surface area contributed by atoms with Gasteiger partial charge in [-0.3, -0.25) is 9.59 Å². The zero-order valence-corrected chi connectivity index (χ0v) is 15.4. The summed E-state index contributed by atoms with van der Waals surface area (Å²) in [4.78, 5) is 24.1. The summed E-state index contributed by atoms with van der Waals surface area (Å²) in [6.07, 6.45) is 0.628. The first-order valence-electron chi connectivity index (χ1n) is 8.39. The van der Waals surface area contributed by atoms with E-state index in [1.807, 2.05) is 6.07 Å². The zero-order valence-electron chi connectivity index (χ0n) is 14.6. The predicted molar refractivity (Wildman–Crippen MR) is 101 cm³/mol. The number of hydrogen-bond acceptors (Lipinski definition) is 4. The summed E-state index contributed by atoms with van der Waals surface area (Å²) >= 11 is 0. The van der Waals surface area contributed by atoms with Crippen LogP contribution in [0.25, 0.3) is 0 Å². The lowest BCUT2D eigenvalue weighted by molar-refractivity contribution is -0.116. The number of benzene rings is 2. The van der Waals surface area contributed by atoms with Gasteiger partial charge in [0.25, 0.3) is 5.91 Å². The van der Waals surface area contributed by atoms with Crippen molar-refractivity contribution < 1.29 is 18.0 Å². The summed E-state index contributed by atoms with van der Waals surface area (Å²) in [6.45, 7) is 1.92. The molecule has 0 saturated carbocycles. The predicted octanol–water partition coefficient (Wildman–Crippen LogP) is 2.63. The van der Waals surface area contributed by atoms with Crippen LogP contribution in [0.4, 0.5) is 5.69 Å². The standard InChI is InChI=1S/C19H22N2O4S/c1-2-26(24,25)17-12-7-6-11-16(17)21-18(22)13-8-14-20-19(23)15-9-4-3-5-10-15/h3-7,9-12H,2,8,13-14H2,1H3,(H,20,23)(H,21,22). The van der Waals surface area contributed by atoms with Crippen molar-refractivity contribution in [1.82, 2.24) is 5.32 Å². The average Bonchev–Trinajstić information content (AvgIpc) is 2.66. The molecule has 0 aromatic heterocycles. The van der Waals surface area contributed by atoms with E-state index >= 15 is 0 Å². The van der Waals surface area contributed by atoms with Crippen LogP contribution in [-0.4, -0.2) is 32.5 Å². The molecule has 0 saturated heterocycles. The maximum Gasteiger partial charge on any atom is 0.251 e. The van der Waals surface area contributed by atoms with Gasteiger partial charge in [-0.2, -0.15) is 0 Å². The van der Waals surface area contributed by atoms with Crippen LogP contribution in [0.5, 0.6) is 0 Å². The van der Waals surface area contributed by atoms with Crippen molar-refractivity contribution in [2.45, 2.75) is 24.7 Å². The first kappa shape index (κ1) is 19.7. The Morgan fingerprint density at radius 2 is 1.62 bits per heavy atom. The Morgan fingerprint density at radius 3 is 2.31 bits per heavy atom. The summed E-state index contributed by atoms with van der Waals surface area (Å²) in [6, 6.07) is 15.2. The Hall–Kier alpha value is -2.67. The number of hydrogen-bond donors (Lipinski definition) is 2. The Bertz CT molecular complexity index is 864. The number of para-hydroxylation sites is 1. The first-order chi connectivity index (χ1) is 12.4. The van der Waals surface area contributed by atoms with Crippen molar-refractivity contribution in [3.63, 3.8) is 0 Å². The Labute approximate surface area is 153 Å². The average molecular weight is 374 g/mol. The fourth-order valence-electron chi connectivity index (χ4n) is 2.35. The highest BCUT2D eigenvalue weighted by molar-refractivity contribution is 7.91. The van der Waals surface area contributed by atoms with Crippen LogP contribution in [0.3, 0.4) is 0 Å². The van der Waals surface area contributed by atoms with E-state index in [0.29, 0.717) is 18.5 Å². The van der Waals surface area contributed by atoms with Gasteiger partial charge in [-0.15, -0.1) is 0 Å². The molecular weight excluding hydrogens is 352 g/mol. The molecule has 2 aromatic carbocycles. The molecule has 0 radical (unpaired) electrons. The Morgan fingerprint density at radius 1 is 0.962 bits per heavy atom. The van der Waals surface area contributed by atoms with Crippen LogP contribution >= 0.6 is 0 Å². The molecule has 0 aliphatic carbocycles. The van der Waals surface area contributed by atoms with E-state index in [1.165, 1.54) is 6.07 Å². The number of anilines is 1. The van der Waals surface area contributed by atoms with Crippen LogP contribution in [0.1, 0.15) is 30.1 Å². The third-order valence-corrected chi connectivity index (χ3v) is 5.56. The molecule has 2 amide bonds. The molecule has 0 spiro atoms. The van der Waals surface area contributed by atoms with Gasteiger partial charge in [0, 0.05) is 18.5 Å². The molecular formula is C19H22N2O4S. The van der Waals surface area contributed by atoms with Crippen LogP contribution < -0.4 is 10.6 Å². The number of rotatable bonds is 8. The second-order valence-corrected chi connectivity index (χ2v) is 7.92. The second kappa shape index (κ2) is 9.15.